The van der Waals surface area contributed by atoms with Crippen LogP contribution in [0.4, 0.5) is 0 Å². The smallest absolute Gasteiger partial charge is 0.120 e. The van der Waals surface area contributed by atoms with Crippen molar-refractivity contribution in [2.24, 2.45) is 11.3 Å². The van der Waals surface area contributed by atoms with Gasteiger partial charge in [0.15, 0.2) is 0 Å². The number of likely N-dealkylation sites (tertiary alicyclic amines) is 1. The molecule has 21 heavy (non-hydrogen) atoms. The van der Waals surface area contributed by atoms with Gasteiger partial charge in [-0.15, -0.1) is 0 Å². The van der Waals surface area contributed by atoms with E-state index in [2.05, 4.69) is 37.9 Å². The topological polar surface area (TPSA) is 28.4 Å². The highest BCUT2D eigenvalue weighted by Gasteiger charge is 2.26. The monoisotopic (exact) mass is 292 g/mol. The second-order valence-corrected chi connectivity index (χ2v) is 7.53. The number of nitrogens with zero attached hydrogens (tertiary/aromatic N) is 1. The number of nitrogens with one attached hydrogen (secondary N) is 1. The average molecular weight is 292 g/mol. The van der Waals surface area contributed by atoms with Crippen LogP contribution in [-0.4, -0.2) is 31.1 Å². The van der Waals surface area contributed by atoms with E-state index < -0.39 is 0 Å². The van der Waals surface area contributed by atoms with Crippen LogP contribution in [0.5, 0.6) is 0 Å². The molecule has 1 aromatic rings. The lowest BCUT2D eigenvalue weighted by Crippen LogP contribution is -2.34. The molecule has 0 saturated carbocycles. The summed E-state index contributed by atoms with van der Waals surface area (Å²) < 4.78 is 5.43. The lowest BCUT2D eigenvalue weighted by atomic mass is 9.77. The molecule has 1 saturated heterocycles. The van der Waals surface area contributed by atoms with Crippen molar-refractivity contribution in [1.82, 2.24) is 10.2 Å². The van der Waals surface area contributed by atoms with Gasteiger partial charge in [0.1, 0.15) is 5.76 Å². The highest BCUT2D eigenvalue weighted by molar-refractivity contribution is 5.02. The maximum Gasteiger partial charge on any atom is 0.120 e. The summed E-state index contributed by atoms with van der Waals surface area (Å²) in [5.41, 5.74) is 0.460. The van der Waals surface area contributed by atoms with Crippen molar-refractivity contribution in [2.45, 2.75) is 53.0 Å². The minimum atomic E-state index is 0.300. The molecule has 2 atom stereocenters. The van der Waals surface area contributed by atoms with Gasteiger partial charge in [-0.05, 0) is 62.7 Å². The van der Waals surface area contributed by atoms with Crippen LogP contribution >= 0.6 is 0 Å². The van der Waals surface area contributed by atoms with Gasteiger partial charge < -0.3 is 14.6 Å². The second kappa shape index (κ2) is 7.46. The first-order chi connectivity index (χ1) is 9.97. The fourth-order valence-electron chi connectivity index (χ4n) is 3.32. The van der Waals surface area contributed by atoms with Gasteiger partial charge in [0.2, 0.25) is 0 Å². The molecular formula is C18H32N2O. The Kier molecular flexibility index (Phi) is 5.88. The maximum atomic E-state index is 5.43. The van der Waals surface area contributed by atoms with Crippen molar-refractivity contribution in [3.63, 3.8) is 0 Å². The summed E-state index contributed by atoms with van der Waals surface area (Å²) >= 11 is 0. The fourth-order valence-corrected chi connectivity index (χ4v) is 3.32. The van der Waals surface area contributed by atoms with Crippen LogP contribution in [0.2, 0.25) is 0 Å². The molecule has 3 nitrogen and oxygen atoms in total. The molecule has 1 fully saturated rings. The standard InChI is InChI=1S/C18H32N2O/c1-15(17-8-6-14-21-17)19-10-13-20-11-5-7-16(9-12-20)18(2,3)4/h6,8,14-16,19H,5,7,9-13H2,1-4H3. The van der Waals surface area contributed by atoms with Gasteiger partial charge in [-0.3, -0.25) is 0 Å². The minimum absolute atomic E-state index is 0.300. The van der Waals surface area contributed by atoms with Crippen molar-refractivity contribution in [3.8, 4) is 0 Å². The summed E-state index contributed by atoms with van der Waals surface area (Å²) in [6.45, 7) is 14.0. The Labute approximate surface area is 130 Å². The molecule has 1 aliphatic rings. The van der Waals surface area contributed by atoms with Crippen molar-refractivity contribution in [2.75, 3.05) is 26.2 Å². The molecule has 1 N–H and O–H groups in total. The molecule has 1 aliphatic heterocycles. The molecule has 3 heteroatoms. The summed E-state index contributed by atoms with van der Waals surface area (Å²) in [5, 5.41) is 3.56. The van der Waals surface area contributed by atoms with Gasteiger partial charge in [-0.25, -0.2) is 0 Å². The van der Waals surface area contributed by atoms with Crippen LogP contribution in [0.3, 0.4) is 0 Å². The van der Waals surface area contributed by atoms with Crippen molar-refractivity contribution >= 4 is 0 Å². The molecule has 0 aliphatic carbocycles. The van der Waals surface area contributed by atoms with Gasteiger partial charge in [0.25, 0.3) is 0 Å². The first-order valence-electron chi connectivity index (χ1n) is 8.46. The van der Waals surface area contributed by atoms with E-state index in [-0.39, 0.29) is 0 Å². The van der Waals surface area contributed by atoms with E-state index in [0.29, 0.717) is 11.5 Å². The highest BCUT2D eigenvalue weighted by atomic mass is 16.3. The number of furan rings is 1. The quantitative estimate of drug-likeness (QED) is 0.886. The van der Waals surface area contributed by atoms with Crippen LogP contribution in [-0.2, 0) is 0 Å². The first-order valence-corrected chi connectivity index (χ1v) is 8.46. The fraction of sp³-hybridized carbons (Fsp3) is 0.778. The van der Waals surface area contributed by atoms with E-state index in [1.807, 2.05) is 12.1 Å². The predicted octanol–water partition coefficient (Wildman–Crippen LogP) is 4.08. The predicted molar refractivity (Wildman–Crippen MR) is 88.4 cm³/mol. The average Bonchev–Trinajstić information content (AvgIpc) is 2.84. The van der Waals surface area contributed by atoms with Gasteiger partial charge in [-0.2, -0.15) is 0 Å². The molecule has 2 unspecified atom stereocenters. The Morgan fingerprint density at radius 3 is 2.81 bits per heavy atom. The molecule has 0 radical (unpaired) electrons. The zero-order valence-electron chi connectivity index (χ0n) is 14.2. The maximum absolute atomic E-state index is 5.43. The van der Waals surface area contributed by atoms with Gasteiger partial charge in [-0.1, -0.05) is 20.8 Å². The van der Waals surface area contributed by atoms with Crippen LogP contribution in [0, 0.1) is 11.3 Å². The van der Waals surface area contributed by atoms with Crippen LogP contribution in [0.25, 0.3) is 0 Å². The van der Waals surface area contributed by atoms with Gasteiger partial charge in [0, 0.05) is 13.1 Å². The van der Waals surface area contributed by atoms with E-state index in [1.165, 1.54) is 32.4 Å². The molecule has 0 aromatic carbocycles. The molecule has 1 aromatic heterocycles. The zero-order chi connectivity index (χ0) is 15.3. The number of rotatable bonds is 5. The molecule has 120 valence electrons. The van der Waals surface area contributed by atoms with Crippen molar-refractivity contribution in [3.05, 3.63) is 24.2 Å². The highest BCUT2D eigenvalue weighted by Crippen LogP contribution is 2.34. The van der Waals surface area contributed by atoms with Crippen molar-refractivity contribution in [1.29, 1.82) is 0 Å². The summed E-state index contributed by atoms with van der Waals surface area (Å²) in [4.78, 5) is 2.62. The third-order valence-corrected chi connectivity index (χ3v) is 4.89. The largest absolute Gasteiger partial charge is 0.468 e. The van der Waals surface area contributed by atoms with E-state index in [4.69, 9.17) is 4.42 Å². The summed E-state index contributed by atoms with van der Waals surface area (Å²) in [7, 11) is 0. The SMILES string of the molecule is CC(NCCN1CCCC(C(C)(C)C)CC1)c1ccco1. The molecule has 2 rings (SSSR count). The van der Waals surface area contributed by atoms with Gasteiger partial charge >= 0.3 is 0 Å². The Morgan fingerprint density at radius 1 is 1.33 bits per heavy atom. The van der Waals surface area contributed by atoms with E-state index in [9.17, 15) is 0 Å². The molecule has 2 heterocycles. The third-order valence-electron chi connectivity index (χ3n) is 4.89. The lowest BCUT2D eigenvalue weighted by Gasteiger charge is -2.29. The minimum Gasteiger partial charge on any atom is -0.468 e. The summed E-state index contributed by atoms with van der Waals surface area (Å²) in [5.74, 6) is 1.90. The van der Waals surface area contributed by atoms with E-state index in [0.717, 1.165) is 24.8 Å². The van der Waals surface area contributed by atoms with Gasteiger partial charge in [0.05, 0.1) is 12.3 Å². The number of hydrogen-bond acceptors (Lipinski definition) is 3. The third kappa shape index (κ3) is 5.15. The normalized spacial score (nSPS) is 23.0. The molecule has 0 amide bonds. The summed E-state index contributed by atoms with van der Waals surface area (Å²) in [6.07, 6.45) is 5.82. The Bertz CT molecular complexity index is 394. The lowest BCUT2D eigenvalue weighted by molar-refractivity contribution is 0.207. The number of hydrogen-bond donors (Lipinski definition) is 1. The first kappa shape index (κ1) is 16.6. The van der Waals surface area contributed by atoms with Crippen molar-refractivity contribution < 1.29 is 4.42 Å². The second-order valence-electron chi connectivity index (χ2n) is 7.53. The zero-order valence-corrected chi connectivity index (χ0v) is 14.2. The Morgan fingerprint density at radius 2 is 2.14 bits per heavy atom. The summed E-state index contributed by atoms with van der Waals surface area (Å²) in [6, 6.07) is 4.29. The van der Waals surface area contributed by atoms with E-state index >= 15 is 0 Å². The van der Waals surface area contributed by atoms with Crippen LogP contribution in [0.15, 0.2) is 22.8 Å². The Balaban J connectivity index is 1.69. The van der Waals surface area contributed by atoms with Crippen LogP contribution < -0.4 is 5.32 Å². The van der Waals surface area contributed by atoms with Crippen LogP contribution in [0.1, 0.15) is 58.8 Å². The van der Waals surface area contributed by atoms with E-state index in [1.54, 1.807) is 6.26 Å². The molecule has 0 bridgehead atoms. The molecular weight excluding hydrogens is 260 g/mol. The molecule has 0 spiro atoms. The Hall–Kier alpha value is -0.800.